The number of aliphatic hydroxyl groups excluding tert-OH is 1. The van der Waals surface area contributed by atoms with Crippen molar-refractivity contribution in [3.05, 3.63) is 0 Å². The van der Waals surface area contributed by atoms with Gasteiger partial charge in [0.1, 0.15) is 6.10 Å². The maximum absolute atomic E-state index is 9.49. The summed E-state index contributed by atoms with van der Waals surface area (Å²) < 4.78 is 21.8. The fraction of sp³-hybridized carbons (Fsp3) is 1.00. The van der Waals surface area contributed by atoms with E-state index in [0.29, 0.717) is 26.4 Å². The summed E-state index contributed by atoms with van der Waals surface area (Å²) in [5.74, 6) is -0.328. The van der Waals surface area contributed by atoms with Gasteiger partial charge in [-0.1, -0.05) is 0 Å². The Morgan fingerprint density at radius 3 is 2.47 bits per heavy atom. The predicted octanol–water partition coefficient (Wildman–Crippen LogP) is 0.696. The molecule has 1 N–H and O–H groups in total. The largest absolute Gasteiger partial charge is 0.388 e. The molecule has 1 aliphatic carbocycles. The van der Waals surface area contributed by atoms with Crippen LogP contribution in [0.1, 0.15) is 25.7 Å². The molecule has 100 valence electrons. The Balaban J connectivity index is 1.65. The Bertz CT molecular complexity index is 217. The molecule has 0 bridgehead atoms. The minimum Gasteiger partial charge on any atom is -0.388 e. The highest BCUT2D eigenvalue weighted by atomic mass is 16.7. The molecule has 0 amide bonds. The number of rotatable bonds is 5. The van der Waals surface area contributed by atoms with E-state index in [1.165, 1.54) is 0 Å². The lowest BCUT2D eigenvalue weighted by Crippen LogP contribution is -2.38. The second kappa shape index (κ2) is 6.11. The van der Waals surface area contributed by atoms with Crippen molar-refractivity contribution < 1.29 is 24.1 Å². The second-order valence-electron chi connectivity index (χ2n) is 4.75. The highest BCUT2D eigenvalue weighted by Gasteiger charge is 2.40. The van der Waals surface area contributed by atoms with Gasteiger partial charge in [-0.2, -0.15) is 0 Å². The molecular formula is C12H22O5. The molecule has 0 aromatic heterocycles. The summed E-state index contributed by atoms with van der Waals surface area (Å²) in [6.45, 7) is 2.08. The summed E-state index contributed by atoms with van der Waals surface area (Å²) in [6.07, 6.45) is 3.31. The van der Waals surface area contributed by atoms with E-state index in [1.54, 1.807) is 7.11 Å². The third-order valence-electron chi connectivity index (χ3n) is 3.39. The molecule has 1 saturated carbocycles. The van der Waals surface area contributed by atoms with Crippen LogP contribution < -0.4 is 0 Å². The van der Waals surface area contributed by atoms with Crippen molar-refractivity contribution in [1.82, 2.24) is 0 Å². The first-order valence-electron chi connectivity index (χ1n) is 6.31. The zero-order valence-corrected chi connectivity index (χ0v) is 10.4. The van der Waals surface area contributed by atoms with Crippen molar-refractivity contribution in [2.24, 2.45) is 0 Å². The lowest BCUT2D eigenvalue weighted by molar-refractivity contribution is -0.193. The zero-order chi connectivity index (χ0) is 12.1. The average Bonchev–Trinajstić information content (AvgIpc) is 2.78. The van der Waals surface area contributed by atoms with Gasteiger partial charge in [-0.05, 0) is 12.8 Å². The van der Waals surface area contributed by atoms with Crippen molar-refractivity contribution in [2.45, 2.75) is 43.7 Å². The maximum Gasteiger partial charge on any atom is 0.168 e. The van der Waals surface area contributed by atoms with Gasteiger partial charge in [0, 0.05) is 20.0 Å². The molecule has 2 fully saturated rings. The number of hydrogen-bond donors (Lipinski definition) is 1. The van der Waals surface area contributed by atoms with Gasteiger partial charge in [0.25, 0.3) is 0 Å². The molecular weight excluding hydrogens is 224 g/mol. The molecule has 2 rings (SSSR count). The maximum atomic E-state index is 9.49. The van der Waals surface area contributed by atoms with E-state index in [-0.39, 0.29) is 11.9 Å². The minimum absolute atomic E-state index is 0.208. The van der Waals surface area contributed by atoms with Gasteiger partial charge < -0.3 is 24.1 Å². The topological polar surface area (TPSA) is 57.2 Å². The van der Waals surface area contributed by atoms with E-state index in [1.807, 2.05) is 0 Å². The van der Waals surface area contributed by atoms with E-state index in [2.05, 4.69) is 0 Å². The summed E-state index contributed by atoms with van der Waals surface area (Å²) in [6, 6.07) is 0. The molecule has 5 heteroatoms. The second-order valence-corrected chi connectivity index (χ2v) is 4.75. The zero-order valence-electron chi connectivity index (χ0n) is 10.4. The van der Waals surface area contributed by atoms with Crippen molar-refractivity contribution in [3.8, 4) is 0 Å². The molecule has 1 saturated heterocycles. The molecule has 5 nitrogen and oxygen atoms in total. The Kier molecular flexibility index (Phi) is 4.76. The van der Waals surface area contributed by atoms with Gasteiger partial charge in [0.15, 0.2) is 5.79 Å². The average molecular weight is 246 g/mol. The summed E-state index contributed by atoms with van der Waals surface area (Å²) >= 11 is 0. The van der Waals surface area contributed by atoms with Crippen molar-refractivity contribution in [1.29, 1.82) is 0 Å². The number of ether oxygens (including phenoxy) is 4. The summed E-state index contributed by atoms with van der Waals surface area (Å²) in [4.78, 5) is 0. The van der Waals surface area contributed by atoms with E-state index in [4.69, 9.17) is 18.9 Å². The van der Waals surface area contributed by atoms with Crippen molar-refractivity contribution >= 4 is 0 Å². The van der Waals surface area contributed by atoms with Gasteiger partial charge >= 0.3 is 0 Å². The van der Waals surface area contributed by atoms with Gasteiger partial charge in [0.05, 0.1) is 32.5 Å². The van der Waals surface area contributed by atoms with Crippen LogP contribution in [-0.2, 0) is 18.9 Å². The van der Waals surface area contributed by atoms with Crippen molar-refractivity contribution in [3.63, 3.8) is 0 Å². The van der Waals surface area contributed by atoms with Crippen LogP contribution in [-0.4, -0.2) is 56.6 Å². The highest BCUT2D eigenvalue weighted by molar-refractivity contribution is 4.83. The van der Waals surface area contributed by atoms with E-state index < -0.39 is 6.10 Å². The predicted molar refractivity (Wildman–Crippen MR) is 60.7 cm³/mol. The summed E-state index contributed by atoms with van der Waals surface area (Å²) in [5.41, 5.74) is 0. The number of methoxy groups -OCH3 is 1. The van der Waals surface area contributed by atoms with Gasteiger partial charge in [0.2, 0.25) is 0 Å². The van der Waals surface area contributed by atoms with E-state index >= 15 is 0 Å². The standard InChI is InChI=1S/C12H22O5/c1-14-8-10(13)9-15-11-2-4-12(5-3-11)16-6-7-17-12/h10-11,13H,2-9H2,1H3. The van der Waals surface area contributed by atoms with Crippen LogP contribution in [0.5, 0.6) is 0 Å². The first-order chi connectivity index (χ1) is 8.24. The number of hydrogen-bond acceptors (Lipinski definition) is 5. The fourth-order valence-electron chi connectivity index (χ4n) is 2.47. The Hall–Kier alpha value is -0.200. The van der Waals surface area contributed by atoms with Crippen LogP contribution in [0.3, 0.4) is 0 Å². The molecule has 1 unspecified atom stereocenters. The van der Waals surface area contributed by atoms with E-state index in [0.717, 1.165) is 25.7 Å². The SMILES string of the molecule is COCC(O)COC1CCC2(CC1)OCCO2. The summed E-state index contributed by atoms with van der Waals surface area (Å²) in [7, 11) is 1.57. The summed E-state index contributed by atoms with van der Waals surface area (Å²) in [5, 5.41) is 9.49. The first kappa shape index (κ1) is 13.2. The molecule has 0 aromatic rings. The minimum atomic E-state index is -0.533. The molecule has 0 radical (unpaired) electrons. The fourth-order valence-corrected chi connectivity index (χ4v) is 2.47. The van der Waals surface area contributed by atoms with Gasteiger partial charge in [-0.15, -0.1) is 0 Å². The van der Waals surface area contributed by atoms with E-state index in [9.17, 15) is 5.11 Å². The molecule has 17 heavy (non-hydrogen) atoms. The van der Waals surface area contributed by atoms with Crippen molar-refractivity contribution in [2.75, 3.05) is 33.5 Å². The molecule has 1 heterocycles. The smallest absolute Gasteiger partial charge is 0.168 e. The number of aliphatic hydroxyl groups is 1. The molecule has 1 aliphatic heterocycles. The molecule has 1 atom stereocenters. The lowest BCUT2D eigenvalue weighted by atomic mass is 9.92. The molecule has 1 spiro atoms. The van der Waals surface area contributed by atoms with Crippen LogP contribution in [0.25, 0.3) is 0 Å². The normalized spacial score (nSPS) is 26.5. The molecule has 0 aromatic carbocycles. The van der Waals surface area contributed by atoms with Crippen LogP contribution in [0.2, 0.25) is 0 Å². The highest BCUT2D eigenvalue weighted by Crippen LogP contribution is 2.36. The van der Waals surface area contributed by atoms with Crippen LogP contribution in [0.4, 0.5) is 0 Å². The third kappa shape index (κ3) is 3.63. The quantitative estimate of drug-likeness (QED) is 0.773. The lowest BCUT2D eigenvalue weighted by Gasteiger charge is -2.35. The van der Waals surface area contributed by atoms with Gasteiger partial charge in [-0.25, -0.2) is 0 Å². The molecule has 2 aliphatic rings. The third-order valence-corrected chi connectivity index (χ3v) is 3.39. The monoisotopic (exact) mass is 246 g/mol. The van der Waals surface area contributed by atoms with Gasteiger partial charge in [-0.3, -0.25) is 0 Å². The van der Waals surface area contributed by atoms with Crippen LogP contribution in [0.15, 0.2) is 0 Å². The van der Waals surface area contributed by atoms with Crippen LogP contribution >= 0.6 is 0 Å². The first-order valence-corrected chi connectivity index (χ1v) is 6.31. The Morgan fingerprint density at radius 1 is 1.24 bits per heavy atom. The Labute approximate surface area is 102 Å². The Morgan fingerprint density at radius 2 is 1.88 bits per heavy atom. The van der Waals surface area contributed by atoms with Crippen LogP contribution in [0, 0.1) is 0 Å².